The first kappa shape index (κ1) is 21.5. The molecule has 1 aromatic heterocycles. The van der Waals surface area contributed by atoms with Gasteiger partial charge in [-0.2, -0.15) is 4.98 Å². The molecule has 1 aliphatic carbocycles. The van der Waals surface area contributed by atoms with Gasteiger partial charge in [0, 0.05) is 36.7 Å². The number of aromatic nitrogens is 2. The van der Waals surface area contributed by atoms with Gasteiger partial charge in [-0.15, -0.1) is 0 Å². The van der Waals surface area contributed by atoms with Crippen molar-refractivity contribution in [3.05, 3.63) is 76.7 Å². The minimum atomic E-state index is -0.292. The van der Waals surface area contributed by atoms with E-state index in [1.54, 1.807) is 43.6 Å². The standard InChI is InChI=1S/C24H24FN5O2/c1-15-12-16-6-7-20(22(25)19(16)13-15)29-21-8-9-27-24(30-21)28-18-5-3-4-17(14-18)23(31)26-10-11-32-2/h3-9,13-14H,10-12H2,1-2H3,(H,26,31)(H2,27,28,29,30). The first-order valence-electron chi connectivity index (χ1n) is 10.3. The molecule has 7 nitrogen and oxygen atoms in total. The summed E-state index contributed by atoms with van der Waals surface area (Å²) in [6.07, 6.45) is 4.23. The van der Waals surface area contributed by atoms with Crippen molar-refractivity contribution in [1.82, 2.24) is 15.3 Å². The van der Waals surface area contributed by atoms with E-state index in [9.17, 15) is 9.18 Å². The average Bonchev–Trinajstić information content (AvgIpc) is 3.17. The zero-order valence-corrected chi connectivity index (χ0v) is 17.9. The van der Waals surface area contributed by atoms with Crippen LogP contribution in [0.2, 0.25) is 0 Å². The van der Waals surface area contributed by atoms with Crippen LogP contribution in [0.25, 0.3) is 6.08 Å². The second-order valence-corrected chi connectivity index (χ2v) is 7.51. The maximum atomic E-state index is 14.9. The van der Waals surface area contributed by atoms with E-state index in [2.05, 4.69) is 25.9 Å². The Morgan fingerprint density at radius 2 is 2.06 bits per heavy atom. The van der Waals surface area contributed by atoms with E-state index in [-0.39, 0.29) is 11.7 Å². The van der Waals surface area contributed by atoms with E-state index in [0.29, 0.717) is 47.4 Å². The number of hydrogen-bond donors (Lipinski definition) is 3. The lowest BCUT2D eigenvalue weighted by Gasteiger charge is -2.11. The predicted octanol–water partition coefficient (Wildman–Crippen LogP) is 4.44. The molecule has 3 N–H and O–H groups in total. The highest BCUT2D eigenvalue weighted by atomic mass is 19.1. The number of amides is 1. The highest BCUT2D eigenvalue weighted by Gasteiger charge is 2.17. The summed E-state index contributed by atoms with van der Waals surface area (Å²) in [5.41, 5.74) is 4.27. The number of anilines is 4. The number of nitrogens with zero attached hydrogens (tertiary/aromatic N) is 2. The van der Waals surface area contributed by atoms with Crippen molar-refractivity contribution < 1.29 is 13.9 Å². The molecule has 164 valence electrons. The highest BCUT2D eigenvalue weighted by Crippen LogP contribution is 2.32. The Kier molecular flexibility index (Phi) is 6.42. The van der Waals surface area contributed by atoms with Crippen LogP contribution in [-0.2, 0) is 11.2 Å². The quantitative estimate of drug-likeness (QED) is 0.455. The zero-order valence-electron chi connectivity index (χ0n) is 17.9. The summed E-state index contributed by atoms with van der Waals surface area (Å²) < 4.78 is 19.8. The van der Waals surface area contributed by atoms with Gasteiger partial charge in [-0.3, -0.25) is 4.79 Å². The number of fused-ring (bicyclic) bond motifs is 1. The van der Waals surface area contributed by atoms with Crippen LogP contribution in [0, 0.1) is 5.82 Å². The fraction of sp³-hybridized carbons (Fsp3) is 0.208. The molecule has 0 bridgehead atoms. The number of carbonyl (C=O) groups is 1. The van der Waals surface area contributed by atoms with Crippen LogP contribution in [0.5, 0.6) is 0 Å². The molecule has 0 spiro atoms. The predicted molar refractivity (Wildman–Crippen MR) is 123 cm³/mol. The fourth-order valence-electron chi connectivity index (χ4n) is 3.50. The number of methoxy groups -OCH3 is 1. The average molecular weight is 433 g/mol. The third kappa shape index (κ3) is 4.92. The van der Waals surface area contributed by atoms with Gasteiger partial charge in [0.25, 0.3) is 5.91 Å². The molecular weight excluding hydrogens is 409 g/mol. The zero-order chi connectivity index (χ0) is 22.5. The van der Waals surface area contributed by atoms with Gasteiger partial charge in [0.2, 0.25) is 5.95 Å². The van der Waals surface area contributed by atoms with Crippen LogP contribution < -0.4 is 16.0 Å². The Labute approximate surface area is 185 Å². The van der Waals surface area contributed by atoms with Gasteiger partial charge in [-0.05, 0) is 49.2 Å². The molecule has 0 radical (unpaired) electrons. The van der Waals surface area contributed by atoms with Crippen molar-refractivity contribution >= 4 is 35.1 Å². The molecule has 32 heavy (non-hydrogen) atoms. The molecule has 3 aromatic rings. The van der Waals surface area contributed by atoms with Gasteiger partial charge in [0.1, 0.15) is 5.82 Å². The number of rotatable bonds is 8. The molecule has 4 rings (SSSR count). The third-order valence-electron chi connectivity index (χ3n) is 5.02. The molecule has 0 fully saturated rings. The summed E-state index contributed by atoms with van der Waals surface area (Å²) in [5.74, 6) is 0.288. The van der Waals surface area contributed by atoms with Crippen molar-refractivity contribution in [1.29, 1.82) is 0 Å². The molecule has 2 aromatic carbocycles. The number of halogens is 1. The lowest BCUT2D eigenvalue weighted by molar-refractivity contribution is 0.0937. The summed E-state index contributed by atoms with van der Waals surface area (Å²) in [6, 6.07) is 12.3. The molecule has 8 heteroatoms. The molecule has 0 aliphatic heterocycles. The largest absolute Gasteiger partial charge is 0.383 e. The van der Waals surface area contributed by atoms with Gasteiger partial charge < -0.3 is 20.7 Å². The van der Waals surface area contributed by atoms with E-state index >= 15 is 0 Å². The van der Waals surface area contributed by atoms with E-state index in [1.165, 1.54) is 0 Å². The molecule has 0 saturated heterocycles. The van der Waals surface area contributed by atoms with E-state index in [4.69, 9.17) is 4.74 Å². The van der Waals surface area contributed by atoms with Crippen molar-refractivity contribution in [3.8, 4) is 0 Å². The molecule has 1 amide bonds. The maximum Gasteiger partial charge on any atom is 0.251 e. The Hall–Kier alpha value is -3.78. The first-order valence-corrected chi connectivity index (χ1v) is 10.3. The highest BCUT2D eigenvalue weighted by molar-refractivity contribution is 5.95. The molecule has 1 aliphatic rings. The summed E-state index contributed by atoms with van der Waals surface area (Å²) >= 11 is 0. The van der Waals surface area contributed by atoms with Crippen molar-refractivity contribution in [3.63, 3.8) is 0 Å². The number of hydrogen-bond acceptors (Lipinski definition) is 6. The number of allylic oxidation sites excluding steroid dienone is 1. The molecular formula is C24H24FN5O2. The van der Waals surface area contributed by atoms with Crippen LogP contribution in [0.1, 0.15) is 28.4 Å². The maximum absolute atomic E-state index is 14.9. The van der Waals surface area contributed by atoms with E-state index in [1.807, 2.05) is 25.1 Å². The number of nitrogens with one attached hydrogen (secondary N) is 3. The SMILES string of the molecule is COCCNC(=O)c1cccc(Nc2nccc(Nc3ccc4c(c3F)C=C(C)C4)n2)c1. The van der Waals surface area contributed by atoms with Crippen molar-refractivity contribution in [2.75, 3.05) is 30.9 Å². The van der Waals surface area contributed by atoms with Crippen LogP contribution in [0.3, 0.4) is 0 Å². The minimum Gasteiger partial charge on any atom is -0.383 e. The van der Waals surface area contributed by atoms with E-state index < -0.39 is 0 Å². The number of ether oxygens (including phenoxy) is 1. The second kappa shape index (κ2) is 9.57. The summed E-state index contributed by atoms with van der Waals surface area (Å²) in [4.78, 5) is 20.9. The molecule has 0 unspecified atom stereocenters. The van der Waals surface area contributed by atoms with Crippen molar-refractivity contribution in [2.24, 2.45) is 0 Å². The Bertz CT molecular complexity index is 1180. The lowest BCUT2D eigenvalue weighted by Crippen LogP contribution is -2.26. The van der Waals surface area contributed by atoms with Crippen LogP contribution in [0.15, 0.2) is 54.2 Å². The Morgan fingerprint density at radius 1 is 1.19 bits per heavy atom. The number of benzene rings is 2. The van der Waals surface area contributed by atoms with Gasteiger partial charge in [-0.25, -0.2) is 9.37 Å². The summed E-state index contributed by atoms with van der Waals surface area (Å²) in [7, 11) is 1.58. The number of carbonyl (C=O) groups excluding carboxylic acids is 1. The van der Waals surface area contributed by atoms with Crippen LogP contribution in [0.4, 0.5) is 27.5 Å². The van der Waals surface area contributed by atoms with Gasteiger partial charge >= 0.3 is 0 Å². The summed E-state index contributed by atoms with van der Waals surface area (Å²) in [6.45, 7) is 2.86. The Morgan fingerprint density at radius 3 is 2.91 bits per heavy atom. The fourth-order valence-corrected chi connectivity index (χ4v) is 3.50. The van der Waals surface area contributed by atoms with Crippen LogP contribution in [-0.4, -0.2) is 36.1 Å². The minimum absolute atomic E-state index is 0.196. The molecule has 0 atom stereocenters. The Balaban J connectivity index is 1.47. The van der Waals surface area contributed by atoms with Gasteiger partial charge in [-0.1, -0.05) is 23.8 Å². The molecule has 0 saturated carbocycles. The topological polar surface area (TPSA) is 88.2 Å². The van der Waals surface area contributed by atoms with E-state index in [0.717, 1.165) is 17.6 Å². The van der Waals surface area contributed by atoms with Crippen molar-refractivity contribution in [2.45, 2.75) is 13.3 Å². The smallest absolute Gasteiger partial charge is 0.251 e. The molecule has 1 heterocycles. The van der Waals surface area contributed by atoms with Gasteiger partial charge in [0.15, 0.2) is 5.82 Å². The second-order valence-electron chi connectivity index (χ2n) is 7.51. The van der Waals surface area contributed by atoms with Crippen LogP contribution >= 0.6 is 0 Å². The summed E-state index contributed by atoms with van der Waals surface area (Å²) in [5, 5.41) is 8.89. The van der Waals surface area contributed by atoms with Gasteiger partial charge in [0.05, 0.1) is 12.3 Å². The normalized spacial score (nSPS) is 12.2. The lowest BCUT2D eigenvalue weighted by atomic mass is 10.1. The monoisotopic (exact) mass is 433 g/mol. The first-order chi connectivity index (χ1) is 15.5. The third-order valence-corrected chi connectivity index (χ3v) is 5.02.